The Morgan fingerprint density at radius 1 is 0.974 bits per heavy atom. The van der Waals surface area contributed by atoms with Crippen molar-refractivity contribution in [3.8, 4) is 0 Å². The van der Waals surface area contributed by atoms with Gasteiger partial charge in [-0.3, -0.25) is 23.0 Å². The molecule has 2 unspecified atom stereocenters. The van der Waals surface area contributed by atoms with Crippen LogP contribution in [-0.4, -0.2) is 112 Å². The maximum atomic E-state index is 12.1. The van der Waals surface area contributed by atoms with Crippen LogP contribution in [-0.2, 0) is 32.0 Å². The predicted octanol–water partition coefficient (Wildman–Crippen LogP) is -5.47. The summed E-state index contributed by atoms with van der Waals surface area (Å²) in [5.41, 5.74) is -0.735. The number of hydrogen-bond acceptors (Lipinski definition) is 18. The SMILES string of the molecule is O=c1[nH]cnc2c1ncn2[C@@H]1O[C@H](COP(=O)([O-])OP(=O)([O-])O[C@H]2O[C@H](CO)[C@@H](O)[C@H](O)[C@@H]2O)[C@@H](O)[C@H]1O. The summed E-state index contributed by atoms with van der Waals surface area (Å²) >= 11 is 0. The smallest absolute Gasteiger partial charge is 0.278 e. The molecule has 20 nitrogen and oxygen atoms in total. The third kappa shape index (κ3) is 5.89. The number of H-pyrrole nitrogens is 1. The monoisotopic (exact) mass is 588 g/mol. The highest BCUT2D eigenvalue weighted by atomic mass is 31.3. The molecule has 214 valence electrons. The maximum absolute atomic E-state index is 12.1. The molecule has 0 amide bonds. The predicted molar refractivity (Wildman–Crippen MR) is 111 cm³/mol. The van der Waals surface area contributed by atoms with Crippen molar-refractivity contribution >= 4 is 26.8 Å². The molecule has 2 aromatic heterocycles. The first-order valence-electron chi connectivity index (χ1n) is 10.6. The van der Waals surface area contributed by atoms with Gasteiger partial charge in [-0.05, 0) is 0 Å². The highest BCUT2D eigenvalue weighted by Gasteiger charge is 2.47. The van der Waals surface area contributed by atoms with E-state index >= 15 is 0 Å². The average Bonchev–Trinajstić information content (AvgIpc) is 3.39. The Morgan fingerprint density at radius 3 is 2.34 bits per heavy atom. The topological polar surface area (TPSA) is 311 Å². The van der Waals surface area contributed by atoms with Crippen LogP contribution in [0, 0.1) is 0 Å². The second-order valence-electron chi connectivity index (χ2n) is 8.18. The molecule has 38 heavy (non-hydrogen) atoms. The quantitative estimate of drug-likeness (QED) is 0.134. The van der Waals surface area contributed by atoms with Gasteiger partial charge >= 0.3 is 0 Å². The zero-order chi connectivity index (χ0) is 28.0. The highest BCUT2D eigenvalue weighted by molar-refractivity contribution is 7.59. The Morgan fingerprint density at radius 2 is 1.66 bits per heavy atom. The van der Waals surface area contributed by atoms with E-state index in [0.29, 0.717) is 0 Å². The number of aromatic amines is 1. The summed E-state index contributed by atoms with van der Waals surface area (Å²) in [6, 6.07) is 0. The van der Waals surface area contributed by atoms with E-state index in [4.69, 9.17) is 14.6 Å². The van der Waals surface area contributed by atoms with E-state index in [1.807, 2.05) is 0 Å². The highest BCUT2D eigenvalue weighted by Crippen LogP contribution is 2.57. The second kappa shape index (κ2) is 11.0. The van der Waals surface area contributed by atoms with Crippen molar-refractivity contribution in [3.05, 3.63) is 23.0 Å². The molecular formula is C16H22N4O16P2-2. The largest absolute Gasteiger partial charge is 0.756 e. The van der Waals surface area contributed by atoms with Crippen LogP contribution >= 0.6 is 15.6 Å². The molecule has 2 fully saturated rings. The summed E-state index contributed by atoms with van der Waals surface area (Å²) in [5, 5.41) is 59.0. The van der Waals surface area contributed by atoms with Crippen LogP contribution in [0.25, 0.3) is 11.2 Å². The van der Waals surface area contributed by atoms with Crippen molar-refractivity contribution in [2.24, 2.45) is 0 Å². The average molecular weight is 588 g/mol. The summed E-state index contributed by atoms with van der Waals surface area (Å²) in [4.78, 5) is 46.0. The fraction of sp³-hybridized carbons (Fsp3) is 0.688. The van der Waals surface area contributed by atoms with Gasteiger partial charge in [0.1, 0.15) is 42.7 Å². The number of nitrogens with one attached hydrogen (secondary N) is 1. The van der Waals surface area contributed by atoms with Gasteiger partial charge in [-0.15, -0.1) is 0 Å². The fourth-order valence-electron chi connectivity index (χ4n) is 3.76. The van der Waals surface area contributed by atoms with Gasteiger partial charge in [-0.1, -0.05) is 0 Å². The lowest BCUT2D eigenvalue weighted by atomic mass is 10.00. The Bertz CT molecular complexity index is 1290. The Balaban J connectivity index is 1.38. The number of nitrogens with zero attached hydrogens (tertiary/aromatic N) is 3. The van der Waals surface area contributed by atoms with Crippen molar-refractivity contribution in [3.63, 3.8) is 0 Å². The van der Waals surface area contributed by atoms with E-state index in [-0.39, 0.29) is 11.2 Å². The zero-order valence-electron chi connectivity index (χ0n) is 18.8. The number of fused-ring (bicyclic) bond motifs is 1. The van der Waals surface area contributed by atoms with Crippen LogP contribution in [0.15, 0.2) is 17.4 Å². The summed E-state index contributed by atoms with van der Waals surface area (Å²) in [6.45, 7) is -1.98. The number of rotatable bonds is 9. The number of imidazole rings is 1. The number of phosphoric acid groups is 2. The van der Waals surface area contributed by atoms with Gasteiger partial charge in [0.2, 0.25) is 0 Å². The van der Waals surface area contributed by atoms with Gasteiger partial charge in [0.05, 0.1) is 25.9 Å². The van der Waals surface area contributed by atoms with Crippen molar-refractivity contribution in [1.29, 1.82) is 0 Å². The summed E-state index contributed by atoms with van der Waals surface area (Å²) in [7, 11) is -11.7. The minimum atomic E-state index is -5.89. The molecule has 2 aliphatic rings. The van der Waals surface area contributed by atoms with Crippen LogP contribution in [0.4, 0.5) is 0 Å². The standard InChI is InChI=1S/C16H24N4O16P2/c21-1-5-8(22)10(24)12(26)16(34-5)35-38(30,31)36-37(28,29)32-2-6-9(23)11(25)15(33-6)20-4-19-7-13(20)17-3-18-14(7)27/h3-6,8-12,15-16,21-26H,1-2H2,(H,28,29)(H,30,31)(H,17,18,27)/p-2/t5-,6-,8-,9-,10+,11-,12+,15-,16-/m1/s1. The minimum Gasteiger partial charge on any atom is -0.756 e. The first-order chi connectivity index (χ1) is 17.7. The molecule has 0 aromatic carbocycles. The van der Waals surface area contributed by atoms with Gasteiger partial charge in [-0.2, -0.15) is 0 Å². The van der Waals surface area contributed by atoms with Gasteiger partial charge in [0.25, 0.3) is 21.2 Å². The van der Waals surface area contributed by atoms with Gasteiger partial charge in [-0.25, -0.2) is 14.3 Å². The molecule has 0 spiro atoms. The van der Waals surface area contributed by atoms with Crippen molar-refractivity contribution < 1.29 is 72.4 Å². The van der Waals surface area contributed by atoms with Crippen molar-refractivity contribution in [1.82, 2.24) is 19.5 Å². The number of aromatic nitrogens is 4. The van der Waals surface area contributed by atoms with E-state index in [9.17, 15) is 49.2 Å². The normalized spacial score (nSPS) is 37.2. The summed E-state index contributed by atoms with van der Waals surface area (Å²) in [6.07, 6.45) is -14.1. The lowest BCUT2D eigenvalue weighted by molar-refractivity contribution is -0.305. The number of phosphoric ester groups is 2. The van der Waals surface area contributed by atoms with Gasteiger partial charge in [0, 0.05) is 0 Å². The molecule has 2 aliphatic heterocycles. The third-order valence-electron chi connectivity index (χ3n) is 5.65. The molecule has 22 heteroatoms. The molecule has 4 heterocycles. The van der Waals surface area contributed by atoms with Crippen LogP contribution in [0.3, 0.4) is 0 Å². The maximum Gasteiger partial charge on any atom is 0.278 e. The van der Waals surface area contributed by atoms with Crippen molar-refractivity contribution in [2.45, 2.75) is 55.2 Å². The molecule has 0 radical (unpaired) electrons. The first kappa shape index (κ1) is 29.3. The molecule has 4 rings (SSSR count). The Labute approximate surface area is 210 Å². The molecular weight excluding hydrogens is 566 g/mol. The van der Waals surface area contributed by atoms with E-state index in [0.717, 1.165) is 17.2 Å². The molecule has 7 N–H and O–H groups in total. The van der Waals surface area contributed by atoms with Crippen LogP contribution in [0.5, 0.6) is 0 Å². The molecule has 2 aromatic rings. The molecule has 2 saturated heterocycles. The van der Waals surface area contributed by atoms with Crippen molar-refractivity contribution in [2.75, 3.05) is 13.2 Å². The van der Waals surface area contributed by atoms with E-state index < -0.39 is 89.7 Å². The summed E-state index contributed by atoms with van der Waals surface area (Å²) < 4.78 is 48.1. The van der Waals surface area contributed by atoms with Gasteiger partial charge < -0.3 is 59.4 Å². The Kier molecular flexibility index (Phi) is 8.51. The molecule has 0 aliphatic carbocycles. The van der Waals surface area contributed by atoms with Crippen LogP contribution in [0.2, 0.25) is 0 Å². The Hall–Kier alpha value is -1.71. The lowest BCUT2D eigenvalue weighted by Gasteiger charge is -2.41. The van der Waals surface area contributed by atoms with Gasteiger partial charge in [0.15, 0.2) is 23.7 Å². The third-order valence-corrected chi connectivity index (χ3v) is 8.19. The van der Waals surface area contributed by atoms with E-state index in [2.05, 4.69) is 28.3 Å². The number of aliphatic hydroxyl groups is 6. The lowest BCUT2D eigenvalue weighted by Crippen LogP contribution is -2.59. The van der Waals surface area contributed by atoms with E-state index in [1.165, 1.54) is 0 Å². The summed E-state index contributed by atoms with van der Waals surface area (Å²) in [5.74, 6) is 0. The number of aliphatic hydroxyl groups excluding tert-OH is 6. The van der Waals surface area contributed by atoms with Crippen LogP contribution in [0.1, 0.15) is 6.23 Å². The van der Waals surface area contributed by atoms with Crippen LogP contribution < -0.4 is 15.3 Å². The second-order valence-corrected chi connectivity index (χ2v) is 11.1. The zero-order valence-corrected chi connectivity index (χ0v) is 20.6. The molecule has 0 bridgehead atoms. The minimum absolute atomic E-state index is 0.0259. The molecule has 11 atom stereocenters. The number of hydrogen-bond donors (Lipinski definition) is 7. The van der Waals surface area contributed by atoms with E-state index in [1.54, 1.807) is 0 Å². The molecule has 0 saturated carbocycles. The fourth-order valence-corrected chi connectivity index (χ4v) is 5.84. The first-order valence-corrected chi connectivity index (χ1v) is 13.6. The number of ether oxygens (including phenoxy) is 2.